The molecule has 1 atom stereocenters. The van der Waals surface area contributed by atoms with Gasteiger partial charge < -0.3 is 14.6 Å². The fourth-order valence-corrected chi connectivity index (χ4v) is 3.73. The predicted octanol–water partition coefficient (Wildman–Crippen LogP) is 4.11. The molecule has 0 spiro atoms. The average molecular weight is 390 g/mol. The molecule has 1 fully saturated rings. The predicted molar refractivity (Wildman–Crippen MR) is 103 cm³/mol. The zero-order valence-corrected chi connectivity index (χ0v) is 16.9. The van der Waals surface area contributed by atoms with Gasteiger partial charge in [-0.1, -0.05) is 43.2 Å². The molecule has 1 aromatic rings. The van der Waals surface area contributed by atoms with Crippen LogP contribution >= 0.6 is 0 Å². The average Bonchev–Trinajstić information content (AvgIpc) is 3.08. The van der Waals surface area contributed by atoms with E-state index in [-0.39, 0.29) is 25.4 Å². The topological polar surface area (TPSA) is 89.9 Å². The summed E-state index contributed by atoms with van der Waals surface area (Å²) < 4.78 is 11.0. The SMILES string of the molecule is CC(C)(C)OC(=O)[C@H](CC(=O)O)CC1(C(=O)OCc2ccccc2)CCCC1. The number of aliphatic carboxylic acids is 1. The number of hydrogen-bond donors (Lipinski definition) is 1. The normalized spacial score (nSPS) is 17.0. The van der Waals surface area contributed by atoms with E-state index in [4.69, 9.17) is 9.47 Å². The number of benzene rings is 1. The van der Waals surface area contributed by atoms with Crippen LogP contribution in [-0.4, -0.2) is 28.6 Å². The van der Waals surface area contributed by atoms with Gasteiger partial charge in [-0.05, 0) is 45.6 Å². The Balaban J connectivity index is 2.13. The third kappa shape index (κ3) is 6.36. The lowest BCUT2D eigenvalue weighted by atomic mass is 9.76. The maximum atomic E-state index is 12.9. The molecule has 0 radical (unpaired) electrons. The van der Waals surface area contributed by atoms with E-state index in [2.05, 4.69) is 0 Å². The van der Waals surface area contributed by atoms with E-state index in [1.165, 1.54) is 0 Å². The minimum absolute atomic E-state index is 0.141. The molecule has 1 saturated carbocycles. The fraction of sp³-hybridized carbons (Fsp3) is 0.591. The van der Waals surface area contributed by atoms with Crippen molar-refractivity contribution in [1.29, 1.82) is 0 Å². The van der Waals surface area contributed by atoms with Gasteiger partial charge >= 0.3 is 17.9 Å². The van der Waals surface area contributed by atoms with Gasteiger partial charge in [-0.3, -0.25) is 14.4 Å². The molecule has 0 unspecified atom stereocenters. The van der Waals surface area contributed by atoms with Crippen LogP contribution in [0, 0.1) is 11.3 Å². The number of esters is 2. The van der Waals surface area contributed by atoms with Gasteiger partial charge in [0.25, 0.3) is 0 Å². The highest BCUT2D eigenvalue weighted by Crippen LogP contribution is 2.45. The van der Waals surface area contributed by atoms with Crippen molar-refractivity contribution in [3.05, 3.63) is 35.9 Å². The second kappa shape index (κ2) is 9.22. The van der Waals surface area contributed by atoms with Crippen molar-refractivity contribution in [2.24, 2.45) is 11.3 Å². The molecular weight excluding hydrogens is 360 g/mol. The molecule has 0 amide bonds. The largest absolute Gasteiger partial charge is 0.481 e. The van der Waals surface area contributed by atoms with Crippen molar-refractivity contribution in [3.8, 4) is 0 Å². The Labute approximate surface area is 166 Å². The van der Waals surface area contributed by atoms with E-state index in [9.17, 15) is 19.5 Å². The molecule has 0 aliphatic heterocycles. The summed E-state index contributed by atoms with van der Waals surface area (Å²) in [5, 5.41) is 9.26. The number of carbonyl (C=O) groups excluding carboxylic acids is 2. The summed E-state index contributed by atoms with van der Waals surface area (Å²) in [6.45, 7) is 5.38. The molecule has 6 heteroatoms. The van der Waals surface area contributed by atoms with Crippen LogP contribution in [0.4, 0.5) is 0 Å². The van der Waals surface area contributed by atoms with Crippen LogP contribution < -0.4 is 0 Å². The van der Waals surface area contributed by atoms with Crippen LogP contribution in [0.5, 0.6) is 0 Å². The number of hydrogen-bond acceptors (Lipinski definition) is 5. The van der Waals surface area contributed by atoms with E-state index >= 15 is 0 Å². The Bertz CT molecular complexity index is 683. The highest BCUT2D eigenvalue weighted by molar-refractivity contribution is 5.82. The highest BCUT2D eigenvalue weighted by atomic mass is 16.6. The zero-order chi connectivity index (χ0) is 20.8. The number of carbonyl (C=O) groups is 3. The van der Waals surface area contributed by atoms with E-state index in [0.29, 0.717) is 12.8 Å². The summed E-state index contributed by atoms with van der Waals surface area (Å²) >= 11 is 0. The maximum Gasteiger partial charge on any atom is 0.312 e. The molecule has 0 heterocycles. The third-order valence-electron chi connectivity index (χ3n) is 5.00. The first-order valence-electron chi connectivity index (χ1n) is 9.77. The van der Waals surface area contributed by atoms with Crippen LogP contribution in [0.3, 0.4) is 0 Å². The Kier molecular flexibility index (Phi) is 7.22. The summed E-state index contributed by atoms with van der Waals surface area (Å²) in [6, 6.07) is 9.39. The molecule has 154 valence electrons. The van der Waals surface area contributed by atoms with Gasteiger partial charge in [-0.2, -0.15) is 0 Å². The van der Waals surface area contributed by atoms with E-state index in [0.717, 1.165) is 18.4 Å². The van der Waals surface area contributed by atoms with Crippen molar-refractivity contribution in [1.82, 2.24) is 0 Å². The lowest BCUT2D eigenvalue weighted by Crippen LogP contribution is -2.37. The van der Waals surface area contributed by atoms with Crippen molar-refractivity contribution in [3.63, 3.8) is 0 Å². The molecule has 28 heavy (non-hydrogen) atoms. The lowest BCUT2D eigenvalue weighted by molar-refractivity contribution is -0.168. The van der Waals surface area contributed by atoms with Crippen LogP contribution in [0.25, 0.3) is 0 Å². The number of rotatable bonds is 8. The fourth-order valence-electron chi connectivity index (χ4n) is 3.73. The number of carboxylic acid groups (broad SMARTS) is 1. The first kappa shape index (κ1) is 21.9. The Morgan fingerprint density at radius 3 is 2.25 bits per heavy atom. The lowest BCUT2D eigenvalue weighted by Gasteiger charge is -2.31. The quantitative estimate of drug-likeness (QED) is 0.672. The van der Waals surface area contributed by atoms with E-state index < -0.39 is 28.9 Å². The van der Waals surface area contributed by atoms with Crippen molar-refractivity contribution in [2.75, 3.05) is 0 Å². The summed E-state index contributed by atoms with van der Waals surface area (Å²) in [4.78, 5) is 36.9. The Hall–Kier alpha value is -2.37. The summed E-state index contributed by atoms with van der Waals surface area (Å²) in [7, 11) is 0. The molecule has 2 rings (SSSR count). The van der Waals surface area contributed by atoms with Gasteiger partial charge in [0.05, 0.1) is 17.8 Å². The minimum atomic E-state index is -1.08. The van der Waals surface area contributed by atoms with E-state index in [1.54, 1.807) is 20.8 Å². The first-order chi connectivity index (χ1) is 13.1. The maximum absolute atomic E-state index is 12.9. The van der Waals surface area contributed by atoms with Gasteiger partial charge in [0, 0.05) is 0 Å². The molecule has 1 aliphatic carbocycles. The standard InChI is InChI=1S/C22H30O6/c1-21(2,3)28-19(25)17(13-18(23)24)14-22(11-7-8-12-22)20(26)27-15-16-9-5-4-6-10-16/h4-6,9-10,17H,7-8,11-15H2,1-3H3,(H,23,24)/t17-/m1/s1. The number of carboxylic acids is 1. The van der Waals surface area contributed by atoms with Crippen LogP contribution in [0.2, 0.25) is 0 Å². The molecular formula is C22H30O6. The first-order valence-corrected chi connectivity index (χ1v) is 9.77. The number of ether oxygens (including phenoxy) is 2. The molecule has 1 aliphatic rings. The minimum Gasteiger partial charge on any atom is -0.481 e. The summed E-state index contributed by atoms with van der Waals surface area (Å²) in [6.07, 6.45) is 2.69. The second-order valence-corrected chi connectivity index (χ2v) is 8.58. The van der Waals surface area contributed by atoms with Gasteiger partial charge in [0.1, 0.15) is 12.2 Å². The molecule has 1 N–H and O–H groups in total. The van der Waals surface area contributed by atoms with Gasteiger partial charge in [0.15, 0.2) is 0 Å². The van der Waals surface area contributed by atoms with Crippen molar-refractivity contribution >= 4 is 17.9 Å². The van der Waals surface area contributed by atoms with Crippen LogP contribution in [0.1, 0.15) is 64.9 Å². The summed E-state index contributed by atoms with van der Waals surface area (Å²) in [5.41, 5.74) is -0.658. The zero-order valence-electron chi connectivity index (χ0n) is 16.9. The van der Waals surface area contributed by atoms with E-state index in [1.807, 2.05) is 30.3 Å². The summed E-state index contributed by atoms with van der Waals surface area (Å²) in [5.74, 6) is -2.88. The third-order valence-corrected chi connectivity index (χ3v) is 5.00. The van der Waals surface area contributed by atoms with Gasteiger partial charge in [-0.15, -0.1) is 0 Å². The van der Waals surface area contributed by atoms with Crippen LogP contribution in [-0.2, 0) is 30.5 Å². The monoisotopic (exact) mass is 390 g/mol. The Morgan fingerprint density at radius 1 is 1.11 bits per heavy atom. The van der Waals surface area contributed by atoms with Gasteiger partial charge in [0.2, 0.25) is 0 Å². The molecule has 1 aromatic carbocycles. The van der Waals surface area contributed by atoms with Crippen molar-refractivity contribution < 1.29 is 29.0 Å². The molecule has 0 saturated heterocycles. The molecule has 6 nitrogen and oxygen atoms in total. The Morgan fingerprint density at radius 2 is 1.71 bits per heavy atom. The smallest absolute Gasteiger partial charge is 0.312 e. The van der Waals surface area contributed by atoms with Crippen molar-refractivity contribution in [2.45, 2.75) is 71.5 Å². The van der Waals surface area contributed by atoms with Gasteiger partial charge in [-0.25, -0.2) is 0 Å². The second-order valence-electron chi connectivity index (χ2n) is 8.58. The van der Waals surface area contributed by atoms with Crippen LogP contribution in [0.15, 0.2) is 30.3 Å². The highest BCUT2D eigenvalue weighted by Gasteiger charge is 2.46. The molecule has 0 aromatic heterocycles. The molecule has 0 bridgehead atoms.